The van der Waals surface area contributed by atoms with Crippen molar-refractivity contribution < 1.29 is 4.79 Å². The summed E-state index contributed by atoms with van der Waals surface area (Å²) in [6.45, 7) is 2.65. The lowest BCUT2D eigenvalue weighted by Gasteiger charge is -2.34. The number of rotatable bonds is 1. The van der Waals surface area contributed by atoms with Crippen LogP contribution in [0.2, 0.25) is 0 Å². The summed E-state index contributed by atoms with van der Waals surface area (Å²) < 4.78 is 1.72. The maximum Gasteiger partial charge on any atom is 0.314 e. The molecule has 1 fully saturated rings. The smallest absolute Gasteiger partial charge is 0.314 e. The van der Waals surface area contributed by atoms with Crippen molar-refractivity contribution in [1.29, 1.82) is 0 Å². The van der Waals surface area contributed by atoms with Crippen LogP contribution in [0.15, 0.2) is 12.5 Å². The number of amides is 2. The second-order valence-corrected chi connectivity index (χ2v) is 4.52. The number of hydrogen-bond acceptors (Lipinski definition) is 5. The molecule has 1 saturated heterocycles. The van der Waals surface area contributed by atoms with Gasteiger partial charge in [-0.25, -0.2) is 14.8 Å². The van der Waals surface area contributed by atoms with Crippen molar-refractivity contribution in [1.82, 2.24) is 24.6 Å². The van der Waals surface area contributed by atoms with E-state index in [1.54, 1.807) is 22.1 Å². The molecular weight excluding hydrogens is 246 g/mol. The molecule has 3 heterocycles. The number of urea groups is 1. The molecule has 2 aromatic heterocycles. The minimum Gasteiger partial charge on any atom is -0.352 e. The average Bonchev–Trinajstić information content (AvgIpc) is 2.81. The van der Waals surface area contributed by atoms with Gasteiger partial charge in [0, 0.05) is 33.2 Å². The molecule has 0 unspecified atom stereocenters. The quantitative estimate of drug-likeness (QED) is 0.751. The Bertz CT molecular complexity index is 615. The lowest BCUT2D eigenvalue weighted by Crippen LogP contribution is -2.50. The zero-order valence-electron chi connectivity index (χ0n) is 10.7. The zero-order valence-corrected chi connectivity index (χ0v) is 10.7. The molecule has 0 aliphatic carbocycles. The first-order valence-electron chi connectivity index (χ1n) is 6.09. The Morgan fingerprint density at radius 2 is 2.00 bits per heavy atom. The summed E-state index contributed by atoms with van der Waals surface area (Å²) in [6, 6.07) is -0.367. The van der Waals surface area contributed by atoms with E-state index < -0.39 is 0 Å². The molecular formula is C11H15N7O. The fourth-order valence-corrected chi connectivity index (χ4v) is 2.34. The SMILES string of the molecule is Cn1ncc2c(N3CCN(C(N)=O)CC3)ncnc21. The maximum absolute atomic E-state index is 11.1. The molecule has 8 heteroatoms. The van der Waals surface area contributed by atoms with Crippen LogP contribution in [-0.4, -0.2) is 56.9 Å². The van der Waals surface area contributed by atoms with Gasteiger partial charge in [-0.05, 0) is 0 Å². The van der Waals surface area contributed by atoms with Crippen LogP contribution in [-0.2, 0) is 7.05 Å². The topological polar surface area (TPSA) is 93.2 Å². The molecule has 1 aliphatic heterocycles. The number of piperazine rings is 1. The molecule has 0 spiro atoms. The van der Waals surface area contributed by atoms with E-state index in [1.807, 2.05) is 7.05 Å². The van der Waals surface area contributed by atoms with Crippen LogP contribution >= 0.6 is 0 Å². The Labute approximate surface area is 109 Å². The molecule has 0 radical (unpaired) electrons. The van der Waals surface area contributed by atoms with Gasteiger partial charge in [-0.2, -0.15) is 5.10 Å². The lowest BCUT2D eigenvalue weighted by molar-refractivity contribution is 0.204. The van der Waals surface area contributed by atoms with E-state index >= 15 is 0 Å². The van der Waals surface area contributed by atoms with Crippen LogP contribution in [0, 0.1) is 0 Å². The van der Waals surface area contributed by atoms with Gasteiger partial charge in [0.15, 0.2) is 5.65 Å². The van der Waals surface area contributed by atoms with Gasteiger partial charge in [-0.1, -0.05) is 0 Å². The summed E-state index contributed by atoms with van der Waals surface area (Å²) in [5.41, 5.74) is 6.08. The van der Waals surface area contributed by atoms with Crippen LogP contribution in [0.5, 0.6) is 0 Å². The Morgan fingerprint density at radius 3 is 2.68 bits per heavy atom. The molecule has 2 aromatic rings. The van der Waals surface area contributed by atoms with Gasteiger partial charge in [0.05, 0.1) is 11.6 Å². The molecule has 0 bridgehead atoms. The summed E-state index contributed by atoms with van der Waals surface area (Å²) >= 11 is 0. The van der Waals surface area contributed by atoms with Gasteiger partial charge >= 0.3 is 6.03 Å². The van der Waals surface area contributed by atoms with Gasteiger partial charge in [0.1, 0.15) is 12.1 Å². The minimum absolute atomic E-state index is 0.367. The van der Waals surface area contributed by atoms with Crippen LogP contribution in [0.4, 0.5) is 10.6 Å². The van der Waals surface area contributed by atoms with Crippen molar-refractivity contribution in [3.63, 3.8) is 0 Å². The van der Waals surface area contributed by atoms with E-state index in [2.05, 4.69) is 20.0 Å². The Balaban J connectivity index is 1.88. The lowest BCUT2D eigenvalue weighted by atomic mass is 10.3. The van der Waals surface area contributed by atoms with Gasteiger partial charge < -0.3 is 15.5 Å². The maximum atomic E-state index is 11.1. The molecule has 8 nitrogen and oxygen atoms in total. The van der Waals surface area contributed by atoms with E-state index in [-0.39, 0.29) is 6.03 Å². The monoisotopic (exact) mass is 261 g/mol. The van der Waals surface area contributed by atoms with Crippen molar-refractivity contribution in [3.05, 3.63) is 12.5 Å². The largest absolute Gasteiger partial charge is 0.352 e. The Hall–Kier alpha value is -2.38. The molecule has 1 aliphatic rings. The first kappa shape index (κ1) is 11.7. The highest BCUT2D eigenvalue weighted by atomic mass is 16.2. The van der Waals surface area contributed by atoms with Crippen molar-refractivity contribution in [2.24, 2.45) is 12.8 Å². The molecule has 0 atom stereocenters. The van der Waals surface area contributed by atoms with Crippen molar-refractivity contribution >= 4 is 22.9 Å². The second kappa shape index (κ2) is 4.38. The van der Waals surface area contributed by atoms with Gasteiger partial charge in [-0.15, -0.1) is 0 Å². The third kappa shape index (κ3) is 1.94. The van der Waals surface area contributed by atoms with E-state index in [0.29, 0.717) is 26.2 Å². The van der Waals surface area contributed by atoms with Gasteiger partial charge in [0.25, 0.3) is 0 Å². The number of nitrogens with two attached hydrogens (primary N) is 1. The summed E-state index contributed by atoms with van der Waals surface area (Å²) in [4.78, 5) is 23.4. The van der Waals surface area contributed by atoms with Crippen LogP contribution in [0.3, 0.4) is 0 Å². The van der Waals surface area contributed by atoms with Crippen LogP contribution in [0.25, 0.3) is 11.0 Å². The van der Waals surface area contributed by atoms with E-state index in [0.717, 1.165) is 16.9 Å². The first-order valence-corrected chi connectivity index (χ1v) is 6.09. The highest BCUT2D eigenvalue weighted by molar-refractivity contribution is 5.86. The Kier molecular flexibility index (Phi) is 2.69. The summed E-state index contributed by atoms with van der Waals surface area (Å²) in [7, 11) is 1.85. The van der Waals surface area contributed by atoms with E-state index in [4.69, 9.17) is 5.73 Å². The fourth-order valence-electron chi connectivity index (χ4n) is 2.34. The fraction of sp³-hybridized carbons (Fsp3) is 0.455. The number of carbonyl (C=O) groups is 1. The summed E-state index contributed by atoms with van der Waals surface area (Å²) in [6.07, 6.45) is 3.31. The summed E-state index contributed by atoms with van der Waals surface area (Å²) in [5, 5.41) is 5.13. The van der Waals surface area contributed by atoms with Crippen LogP contribution < -0.4 is 10.6 Å². The Morgan fingerprint density at radius 1 is 1.26 bits per heavy atom. The van der Waals surface area contributed by atoms with E-state index in [9.17, 15) is 4.79 Å². The van der Waals surface area contributed by atoms with Crippen LogP contribution in [0.1, 0.15) is 0 Å². The van der Waals surface area contributed by atoms with E-state index in [1.165, 1.54) is 0 Å². The predicted molar refractivity (Wildman–Crippen MR) is 69.7 cm³/mol. The van der Waals surface area contributed by atoms with Gasteiger partial charge in [-0.3, -0.25) is 4.68 Å². The number of fused-ring (bicyclic) bond motifs is 1. The minimum atomic E-state index is -0.367. The third-order valence-electron chi connectivity index (χ3n) is 3.40. The summed E-state index contributed by atoms with van der Waals surface area (Å²) in [5.74, 6) is 0.863. The molecule has 2 N–H and O–H groups in total. The third-order valence-corrected chi connectivity index (χ3v) is 3.40. The number of aromatic nitrogens is 4. The highest BCUT2D eigenvalue weighted by Gasteiger charge is 2.22. The number of hydrogen-bond donors (Lipinski definition) is 1. The van der Waals surface area contributed by atoms with Crippen molar-refractivity contribution in [2.45, 2.75) is 0 Å². The number of carbonyl (C=O) groups excluding carboxylic acids is 1. The molecule has 0 saturated carbocycles. The van der Waals surface area contributed by atoms with Crippen molar-refractivity contribution in [3.8, 4) is 0 Å². The number of anilines is 1. The predicted octanol–water partition coefficient (Wildman–Crippen LogP) is -0.436. The first-order chi connectivity index (χ1) is 9.16. The molecule has 2 amide bonds. The second-order valence-electron chi connectivity index (χ2n) is 4.52. The number of primary amides is 1. The number of nitrogens with zero attached hydrogens (tertiary/aromatic N) is 6. The molecule has 19 heavy (non-hydrogen) atoms. The van der Waals surface area contributed by atoms with Gasteiger partial charge in [0.2, 0.25) is 0 Å². The zero-order chi connectivity index (χ0) is 13.4. The molecule has 0 aromatic carbocycles. The molecule has 100 valence electrons. The number of aryl methyl sites for hydroxylation is 1. The average molecular weight is 261 g/mol. The molecule has 3 rings (SSSR count). The highest BCUT2D eigenvalue weighted by Crippen LogP contribution is 2.22. The standard InChI is InChI=1S/C11H15N7O/c1-16-9-8(6-15-16)10(14-7-13-9)17-2-4-18(5-3-17)11(12)19/h6-7H,2-5H2,1H3,(H2,12,19). The van der Waals surface area contributed by atoms with Crippen molar-refractivity contribution in [2.75, 3.05) is 31.1 Å². The normalized spacial score (nSPS) is 16.1.